The number of nitrogens with zero attached hydrogens (tertiary/aromatic N) is 1. The first-order chi connectivity index (χ1) is 11.3. The minimum Gasteiger partial charge on any atom is -0.350 e. The Morgan fingerprint density at radius 3 is 2.48 bits per heavy atom. The van der Waals surface area contributed by atoms with E-state index in [0.29, 0.717) is 13.2 Å². The van der Waals surface area contributed by atoms with Gasteiger partial charge in [-0.3, -0.25) is 9.59 Å². The van der Waals surface area contributed by atoms with Crippen LogP contribution in [-0.2, 0) is 19.2 Å². The van der Waals surface area contributed by atoms with Gasteiger partial charge >= 0.3 is 0 Å². The Balaban J connectivity index is 1.50. The Bertz CT molecular complexity index is 417. The van der Waals surface area contributed by atoms with E-state index in [1.54, 1.807) is 4.90 Å². The molecule has 3 aliphatic rings. The van der Waals surface area contributed by atoms with Crippen LogP contribution in [0.2, 0.25) is 0 Å². The van der Waals surface area contributed by atoms with Crippen molar-refractivity contribution in [1.29, 1.82) is 0 Å². The van der Waals surface area contributed by atoms with Gasteiger partial charge in [0.15, 0.2) is 6.29 Å². The summed E-state index contributed by atoms with van der Waals surface area (Å²) in [4.78, 5) is 32.2. The number of carbonyl (C=O) groups is 2. The van der Waals surface area contributed by atoms with Gasteiger partial charge in [-0.25, -0.2) is 10.3 Å². The Labute approximate surface area is 137 Å². The second-order valence-corrected chi connectivity index (χ2v) is 6.90. The first kappa shape index (κ1) is 16.7. The van der Waals surface area contributed by atoms with E-state index in [4.69, 9.17) is 9.57 Å². The SMILES string of the molecule is O=C(NOC1CCCCO1)C1CCCN1C(=O)C1CCCCC1. The second-order valence-electron chi connectivity index (χ2n) is 6.90. The van der Waals surface area contributed by atoms with Crippen molar-refractivity contribution < 1.29 is 19.2 Å². The van der Waals surface area contributed by atoms with Gasteiger partial charge in [-0.2, -0.15) is 0 Å². The molecule has 130 valence electrons. The minimum absolute atomic E-state index is 0.111. The van der Waals surface area contributed by atoms with Crippen molar-refractivity contribution in [3.05, 3.63) is 0 Å². The summed E-state index contributed by atoms with van der Waals surface area (Å²) in [7, 11) is 0. The van der Waals surface area contributed by atoms with Crippen molar-refractivity contribution in [2.45, 2.75) is 76.5 Å². The average Bonchev–Trinajstić information content (AvgIpc) is 3.10. The summed E-state index contributed by atoms with van der Waals surface area (Å²) in [6.07, 6.45) is 9.57. The maximum Gasteiger partial charge on any atom is 0.266 e. The molecule has 0 aromatic heterocycles. The number of rotatable bonds is 4. The fourth-order valence-electron chi connectivity index (χ4n) is 3.88. The predicted octanol–water partition coefficient (Wildman–Crippen LogP) is 2.13. The summed E-state index contributed by atoms with van der Waals surface area (Å²) < 4.78 is 5.44. The molecule has 2 aliphatic heterocycles. The van der Waals surface area contributed by atoms with Crippen LogP contribution in [0.3, 0.4) is 0 Å². The van der Waals surface area contributed by atoms with Gasteiger partial charge in [0, 0.05) is 25.5 Å². The van der Waals surface area contributed by atoms with Crippen LogP contribution in [-0.4, -0.2) is 42.2 Å². The molecule has 2 saturated heterocycles. The lowest BCUT2D eigenvalue weighted by atomic mass is 9.88. The van der Waals surface area contributed by atoms with E-state index in [0.717, 1.165) is 57.8 Å². The zero-order valence-corrected chi connectivity index (χ0v) is 13.8. The summed E-state index contributed by atoms with van der Waals surface area (Å²) in [5, 5.41) is 0. The van der Waals surface area contributed by atoms with Gasteiger partial charge in [-0.1, -0.05) is 19.3 Å². The number of carbonyl (C=O) groups excluding carboxylic acids is 2. The van der Waals surface area contributed by atoms with E-state index in [1.165, 1.54) is 6.42 Å². The molecule has 1 aliphatic carbocycles. The van der Waals surface area contributed by atoms with Crippen LogP contribution in [0, 0.1) is 5.92 Å². The highest BCUT2D eigenvalue weighted by Crippen LogP contribution is 2.28. The first-order valence-electron chi connectivity index (χ1n) is 9.13. The molecule has 2 atom stereocenters. The fourth-order valence-corrected chi connectivity index (χ4v) is 3.88. The lowest BCUT2D eigenvalue weighted by Gasteiger charge is -2.30. The molecule has 2 unspecified atom stereocenters. The number of amides is 2. The van der Waals surface area contributed by atoms with Crippen molar-refractivity contribution in [2.75, 3.05) is 13.2 Å². The van der Waals surface area contributed by atoms with Crippen LogP contribution in [0.1, 0.15) is 64.2 Å². The molecule has 3 rings (SSSR count). The first-order valence-corrected chi connectivity index (χ1v) is 9.13. The summed E-state index contributed by atoms with van der Waals surface area (Å²) in [6, 6.07) is -0.381. The number of nitrogens with one attached hydrogen (secondary N) is 1. The lowest BCUT2D eigenvalue weighted by molar-refractivity contribution is -0.202. The second kappa shape index (κ2) is 8.11. The zero-order valence-electron chi connectivity index (χ0n) is 13.8. The van der Waals surface area contributed by atoms with E-state index in [1.807, 2.05) is 0 Å². The number of hydroxylamine groups is 1. The van der Waals surface area contributed by atoms with Crippen LogP contribution < -0.4 is 5.48 Å². The molecule has 1 saturated carbocycles. The fraction of sp³-hybridized carbons (Fsp3) is 0.882. The Kier molecular flexibility index (Phi) is 5.89. The molecule has 6 heteroatoms. The van der Waals surface area contributed by atoms with Crippen molar-refractivity contribution in [2.24, 2.45) is 5.92 Å². The van der Waals surface area contributed by atoms with E-state index in [9.17, 15) is 9.59 Å². The number of hydrogen-bond donors (Lipinski definition) is 1. The van der Waals surface area contributed by atoms with Crippen LogP contribution >= 0.6 is 0 Å². The van der Waals surface area contributed by atoms with Gasteiger partial charge in [0.2, 0.25) is 5.91 Å². The highest BCUT2D eigenvalue weighted by molar-refractivity contribution is 5.88. The zero-order chi connectivity index (χ0) is 16.1. The molecular weight excluding hydrogens is 296 g/mol. The van der Waals surface area contributed by atoms with Crippen LogP contribution in [0.15, 0.2) is 0 Å². The van der Waals surface area contributed by atoms with Gasteiger partial charge in [0.25, 0.3) is 5.91 Å². The molecule has 6 nitrogen and oxygen atoms in total. The Morgan fingerprint density at radius 1 is 0.957 bits per heavy atom. The summed E-state index contributed by atoms with van der Waals surface area (Å²) in [6.45, 7) is 1.36. The Morgan fingerprint density at radius 2 is 1.74 bits per heavy atom. The topological polar surface area (TPSA) is 67.9 Å². The average molecular weight is 324 g/mol. The smallest absolute Gasteiger partial charge is 0.266 e. The molecule has 2 amide bonds. The molecule has 0 radical (unpaired) electrons. The molecule has 23 heavy (non-hydrogen) atoms. The quantitative estimate of drug-likeness (QED) is 0.805. The number of likely N-dealkylation sites (tertiary alicyclic amines) is 1. The third kappa shape index (κ3) is 4.23. The molecule has 0 bridgehead atoms. The summed E-state index contributed by atoms with van der Waals surface area (Å²) >= 11 is 0. The van der Waals surface area contributed by atoms with Gasteiger partial charge in [-0.15, -0.1) is 0 Å². The van der Waals surface area contributed by atoms with E-state index in [2.05, 4.69) is 5.48 Å². The third-order valence-corrected chi connectivity index (χ3v) is 5.22. The van der Waals surface area contributed by atoms with Gasteiger partial charge in [0.1, 0.15) is 6.04 Å². The van der Waals surface area contributed by atoms with Crippen molar-refractivity contribution in [3.8, 4) is 0 Å². The highest BCUT2D eigenvalue weighted by Gasteiger charge is 2.37. The van der Waals surface area contributed by atoms with Crippen molar-refractivity contribution in [3.63, 3.8) is 0 Å². The molecule has 1 N–H and O–H groups in total. The van der Waals surface area contributed by atoms with Gasteiger partial charge < -0.3 is 9.64 Å². The molecule has 0 aromatic carbocycles. The number of hydrogen-bond acceptors (Lipinski definition) is 4. The summed E-state index contributed by atoms with van der Waals surface area (Å²) in [5.41, 5.74) is 2.52. The minimum atomic E-state index is -0.381. The lowest BCUT2D eigenvalue weighted by Crippen LogP contribution is -2.49. The van der Waals surface area contributed by atoms with Crippen LogP contribution in [0.25, 0.3) is 0 Å². The molecule has 0 spiro atoms. The maximum absolute atomic E-state index is 12.7. The van der Waals surface area contributed by atoms with Crippen LogP contribution in [0.5, 0.6) is 0 Å². The Hall–Kier alpha value is -1.14. The van der Waals surface area contributed by atoms with Gasteiger partial charge in [-0.05, 0) is 38.5 Å². The maximum atomic E-state index is 12.7. The standard InChI is InChI=1S/C17H28N2O4/c20-16(18-23-15-10-4-5-12-22-15)14-9-6-11-19(14)17(21)13-7-2-1-3-8-13/h13-15H,1-12H2,(H,18,20). The largest absolute Gasteiger partial charge is 0.350 e. The monoisotopic (exact) mass is 324 g/mol. The van der Waals surface area contributed by atoms with E-state index in [-0.39, 0.29) is 30.1 Å². The van der Waals surface area contributed by atoms with E-state index < -0.39 is 0 Å². The summed E-state index contributed by atoms with van der Waals surface area (Å²) in [5.74, 6) is 0.0665. The van der Waals surface area contributed by atoms with Gasteiger partial charge in [0.05, 0.1) is 0 Å². The highest BCUT2D eigenvalue weighted by atomic mass is 16.8. The molecule has 2 heterocycles. The third-order valence-electron chi connectivity index (χ3n) is 5.22. The molecular formula is C17H28N2O4. The van der Waals surface area contributed by atoms with E-state index >= 15 is 0 Å². The van der Waals surface area contributed by atoms with Crippen LogP contribution in [0.4, 0.5) is 0 Å². The number of ether oxygens (including phenoxy) is 1. The van der Waals surface area contributed by atoms with Crippen molar-refractivity contribution in [1.82, 2.24) is 10.4 Å². The molecule has 0 aromatic rings. The normalized spacial score (nSPS) is 29.5. The predicted molar refractivity (Wildman–Crippen MR) is 84.1 cm³/mol. The molecule has 3 fully saturated rings. The van der Waals surface area contributed by atoms with Crippen molar-refractivity contribution >= 4 is 11.8 Å².